The van der Waals surface area contributed by atoms with E-state index in [1.807, 2.05) is 30.3 Å². The molecule has 0 spiro atoms. The molecular weight excluding hydrogens is 192 g/mol. The van der Waals surface area contributed by atoms with Crippen molar-refractivity contribution < 1.29 is 15.2 Å². The molecule has 80 valence electrons. The third kappa shape index (κ3) is 3.09. The smallest absolute Gasteiger partial charge is 0.243 e. The van der Waals surface area contributed by atoms with Gasteiger partial charge < -0.3 is 5.21 Å². The molecule has 0 aliphatic carbocycles. The minimum Gasteiger partial charge on any atom is -0.411 e. The molecule has 4 nitrogen and oxygen atoms in total. The molecule has 0 heterocycles. The Morgan fingerprint density at radius 1 is 1.27 bits per heavy atom. The van der Waals surface area contributed by atoms with Crippen LogP contribution in [0.2, 0.25) is 0 Å². The van der Waals surface area contributed by atoms with Gasteiger partial charge in [0.1, 0.15) is 6.21 Å². The average Bonchev–Trinajstić information content (AvgIpc) is 2.19. The number of hydroxylamine groups is 1. The van der Waals surface area contributed by atoms with Crippen LogP contribution in [0.5, 0.6) is 0 Å². The van der Waals surface area contributed by atoms with Crippen molar-refractivity contribution in [3.63, 3.8) is 0 Å². The second kappa shape index (κ2) is 4.59. The van der Waals surface area contributed by atoms with Crippen LogP contribution in [0.25, 0.3) is 0 Å². The zero-order valence-electron chi connectivity index (χ0n) is 8.83. The van der Waals surface area contributed by atoms with E-state index >= 15 is 0 Å². The maximum Gasteiger partial charge on any atom is 0.243 e. The molecule has 1 aromatic rings. The first kappa shape index (κ1) is 11.2. The van der Waals surface area contributed by atoms with Gasteiger partial charge in [-0.3, -0.25) is 5.21 Å². The molecule has 4 heteroatoms. The van der Waals surface area contributed by atoms with E-state index in [1.165, 1.54) is 6.21 Å². The number of nitrogens with zero attached hydrogens (tertiary/aromatic N) is 2. The standard InChI is InChI=1S/C11H14N2O2/c1-11(2,9-12-14)13(15)8-10-6-4-3-5-7-10/h3-9H,1-2H3,(H-,14,15)/p+1. The van der Waals surface area contributed by atoms with Crippen LogP contribution in [0.15, 0.2) is 35.5 Å². The lowest BCUT2D eigenvalue weighted by atomic mass is 10.1. The number of benzene rings is 1. The van der Waals surface area contributed by atoms with Crippen molar-refractivity contribution in [1.82, 2.24) is 0 Å². The topological polar surface area (TPSA) is 55.8 Å². The molecule has 0 atom stereocenters. The lowest BCUT2D eigenvalue weighted by Crippen LogP contribution is -2.36. The van der Waals surface area contributed by atoms with E-state index in [9.17, 15) is 5.21 Å². The van der Waals surface area contributed by atoms with Gasteiger partial charge in [-0.15, -0.1) is 0 Å². The SMILES string of the molecule is CC(C)(C=NO)[N+](O)=Cc1ccccc1. The predicted octanol–water partition coefficient (Wildman–Crippen LogP) is 1.75. The van der Waals surface area contributed by atoms with Crippen LogP contribution in [-0.4, -0.2) is 33.1 Å². The van der Waals surface area contributed by atoms with Crippen LogP contribution in [0, 0.1) is 0 Å². The first-order valence-corrected chi connectivity index (χ1v) is 4.63. The second-order valence-electron chi connectivity index (χ2n) is 3.78. The molecule has 0 amide bonds. The van der Waals surface area contributed by atoms with Gasteiger partial charge in [0.05, 0.1) is 0 Å². The summed E-state index contributed by atoms with van der Waals surface area (Å²) in [6.45, 7) is 3.46. The fraction of sp³-hybridized carbons (Fsp3) is 0.273. The van der Waals surface area contributed by atoms with E-state index in [2.05, 4.69) is 5.16 Å². The molecule has 0 bridgehead atoms. The zero-order chi connectivity index (χ0) is 11.3. The van der Waals surface area contributed by atoms with Gasteiger partial charge in [0.25, 0.3) is 0 Å². The summed E-state index contributed by atoms with van der Waals surface area (Å²) < 4.78 is 1.00. The van der Waals surface area contributed by atoms with Gasteiger partial charge in [-0.2, -0.15) is 0 Å². The Morgan fingerprint density at radius 3 is 2.40 bits per heavy atom. The summed E-state index contributed by atoms with van der Waals surface area (Å²) in [6.07, 6.45) is 2.83. The van der Waals surface area contributed by atoms with Gasteiger partial charge in [0, 0.05) is 19.4 Å². The van der Waals surface area contributed by atoms with Crippen LogP contribution in [0.4, 0.5) is 0 Å². The van der Waals surface area contributed by atoms with E-state index in [0.29, 0.717) is 0 Å². The molecule has 0 fully saturated rings. The minimum absolute atomic E-state index is 0.745. The number of rotatable bonds is 3. The second-order valence-corrected chi connectivity index (χ2v) is 3.78. The van der Waals surface area contributed by atoms with Crippen LogP contribution >= 0.6 is 0 Å². The van der Waals surface area contributed by atoms with Gasteiger partial charge in [-0.05, 0) is 16.9 Å². The highest BCUT2D eigenvalue weighted by Crippen LogP contribution is 2.04. The van der Waals surface area contributed by atoms with Gasteiger partial charge in [0.2, 0.25) is 11.8 Å². The Bertz CT molecular complexity index is 369. The highest BCUT2D eigenvalue weighted by atomic mass is 16.5. The molecule has 1 aromatic carbocycles. The normalized spacial score (nSPS) is 13.3. The highest BCUT2D eigenvalue weighted by Gasteiger charge is 2.29. The Balaban J connectivity index is 2.94. The molecule has 1 rings (SSSR count). The summed E-state index contributed by atoms with van der Waals surface area (Å²) in [6, 6.07) is 9.41. The molecule has 0 aliphatic heterocycles. The van der Waals surface area contributed by atoms with E-state index < -0.39 is 5.54 Å². The summed E-state index contributed by atoms with van der Waals surface area (Å²) in [5.74, 6) is 0. The Morgan fingerprint density at radius 2 is 1.87 bits per heavy atom. The lowest BCUT2D eigenvalue weighted by Gasteiger charge is -2.09. The van der Waals surface area contributed by atoms with Gasteiger partial charge in [0.15, 0.2) is 0 Å². The van der Waals surface area contributed by atoms with Crippen LogP contribution in [0.1, 0.15) is 19.4 Å². The summed E-state index contributed by atoms with van der Waals surface area (Å²) in [4.78, 5) is 0. The third-order valence-electron chi connectivity index (χ3n) is 2.04. The third-order valence-corrected chi connectivity index (χ3v) is 2.04. The zero-order valence-corrected chi connectivity index (χ0v) is 8.83. The van der Waals surface area contributed by atoms with Crippen molar-refractivity contribution in [3.05, 3.63) is 35.9 Å². The Hall–Kier alpha value is -1.84. The summed E-state index contributed by atoms with van der Waals surface area (Å²) in [5, 5.41) is 21.1. The van der Waals surface area contributed by atoms with Crippen molar-refractivity contribution >= 4 is 12.4 Å². The molecule has 0 saturated heterocycles. The van der Waals surface area contributed by atoms with E-state index in [0.717, 1.165) is 10.3 Å². The summed E-state index contributed by atoms with van der Waals surface area (Å²) in [7, 11) is 0. The minimum atomic E-state index is -0.745. The first-order chi connectivity index (χ1) is 7.06. The Kier molecular flexibility index (Phi) is 3.44. The molecule has 0 saturated carbocycles. The average molecular weight is 207 g/mol. The predicted molar refractivity (Wildman–Crippen MR) is 58.0 cm³/mol. The lowest BCUT2D eigenvalue weighted by molar-refractivity contribution is -0.805. The van der Waals surface area contributed by atoms with Crippen molar-refractivity contribution in [2.45, 2.75) is 19.4 Å². The van der Waals surface area contributed by atoms with Crippen molar-refractivity contribution in [3.8, 4) is 0 Å². The van der Waals surface area contributed by atoms with Crippen LogP contribution in [-0.2, 0) is 0 Å². The largest absolute Gasteiger partial charge is 0.411 e. The monoisotopic (exact) mass is 207 g/mol. The summed E-state index contributed by atoms with van der Waals surface area (Å²) >= 11 is 0. The van der Waals surface area contributed by atoms with E-state index in [4.69, 9.17) is 5.21 Å². The van der Waals surface area contributed by atoms with Gasteiger partial charge in [-0.1, -0.05) is 23.4 Å². The van der Waals surface area contributed by atoms with Crippen LogP contribution < -0.4 is 0 Å². The number of hydrogen-bond donors (Lipinski definition) is 2. The fourth-order valence-corrected chi connectivity index (χ4v) is 1.05. The number of oxime groups is 1. The Labute approximate surface area is 88.8 Å². The van der Waals surface area contributed by atoms with Gasteiger partial charge in [-0.25, -0.2) is 0 Å². The van der Waals surface area contributed by atoms with Gasteiger partial charge >= 0.3 is 0 Å². The quantitative estimate of drug-likeness (QED) is 0.343. The molecule has 15 heavy (non-hydrogen) atoms. The molecule has 0 aromatic heterocycles. The number of hydrogen-bond acceptors (Lipinski definition) is 3. The first-order valence-electron chi connectivity index (χ1n) is 4.63. The molecule has 0 radical (unpaired) electrons. The molecule has 0 unspecified atom stereocenters. The van der Waals surface area contributed by atoms with Crippen molar-refractivity contribution in [2.24, 2.45) is 5.16 Å². The molecular formula is C11H15N2O2+. The maximum absolute atomic E-state index is 9.74. The van der Waals surface area contributed by atoms with Crippen molar-refractivity contribution in [1.29, 1.82) is 0 Å². The molecule has 0 aliphatic rings. The summed E-state index contributed by atoms with van der Waals surface area (Å²) in [5.41, 5.74) is 0.129. The van der Waals surface area contributed by atoms with Crippen molar-refractivity contribution in [2.75, 3.05) is 0 Å². The van der Waals surface area contributed by atoms with E-state index in [-0.39, 0.29) is 0 Å². The van der Waals surface area contributed by atoms with Crippen LogP contribution in [0.3, 0.4) is 0 Å². The van der Waals surface area contributed by atoms with E-state index in [1.54, 1.807) is 20.1 Å². The fourth-order valence-electron chi connectivity index (χ4n) is 1.05. The molecule has 2 N–H and O–H groups in total. The highest BCUT2D eigenvalue weighted by molar-refractivity contribution is 5.76. The maximum atomic E-state index is 9.74.